The van der Waals surface area contributed by atoms with E-state index in [9.17, 15) is 4.79 Å². The first-order chi connectivity index (χ1) is 11.2. The zero-order chi connectivity index (χ0) is 16.5. The molecule has 0 aliphatic carbocycles. The van der Waals surface area contributed by atoms with E-state index in [-0.39, 0.29) is 5.91 Å². The third kappa shape index (κ3) is 6.33. The first-order valence-corrected chi connectivity index (χ1v) is 8.07. The molecule has 6 nitrogen and oxygen atoms in total. The predicted octanol–water partition coefficient (Wildman–Crippen LogP) is 2.87. The molecule has 0 radical (unpaired) electrons. The number of carbonyl (C=O) groups is 1. The maximum atomic E-state index is 12.0. The molecule has 0 saturated carbocycles. The summed E-state index contributed by atoms with van der Waals surface area (Å²) in [6.45, 7) is 1.46. The number of rotatable bonds is 8. The SMILES string of the molecule is COCCCNc1ccc(NC(=O)Cc2ccc(Br)cc2)nn1. The van der Waals surface area contributed by atoms with E-state index in [1.165, 1.54) is 0 Å². The van der Waals surface area contributed by atoms with E-state index in [1.54, 1.807) is 19.2 Å². The Labute approximate surface area is 143 Å². The van der Waals surface area contributed by atoms with Gasteiger partial charge in [-0.1, -0.05) is 28.1 Å². The van der Waals surface area contributed by atoms with E-state index in [2.05, 4.69) is 36.8 Å². The van der Waals surface area contributed by atoms with E-state index in [0.717, 1.165) is 23.0 Å². The minimum atomic E-state index is -0.123. The van der Waals surface area contributed by atoms with Gasteiger partial charge in [-0.3, -0.25) is 4.79 Å². The van der Waals surface area contributed by atoms with Crippen LogP contribution in [0.15, 0.2) is 40.9 Å². The summed E-state index contributed by atoms with van der Waals surface area (Å²) in [5.74, 6) is 0.990. The molecule has 0 bridgehead atoms. The van der Waals surface area contributed by atoms with Crippen LogP contribution in [-0.2, 0) is 16.0 Å². The van der Waals surface area contributed by atoms with Crippen LogP contribution in [-0.4, -0.2) is 36.4 Å². The fraction of sp³-hybridized carbons (Fsp3) is 0.312. The first kappa shape index (κ1) is 17.4. The number of benzene rings is 1. The van der Waals surface area contributed by atoms with Gasteiger partial charge in [0.25, 0.3) is 0 Å². The Kier molecular flexibility index (Phi) is 6.96. The topological polar surface area (TPSA) is 76.1 Å². The molecule has 0 fully saturated rings. The van der Waals surface area contributed by atoms with Gasteiger partial charge in [-0.25, -0.2) is 0 Å². The smallest absolute Gasteiger partial charge is 0.229 e. The summed E-state index contributed by atoms with van der Waals surface area (Å²) in [5, 5.41) is 13.9. The zero-order valence-electron chi connectivity index (χ0n) is 12.9. The maximum Gasteiger partial charge on any atom is 0.229 e. The van der Waals surface area contributed by atoms with Crippen LogP contribution in [0.2, 0.25) is 0 Å². The molecule has 2 rings (SSSR count). The average Bonchev–Trinajstić information content (AvgIpc) is 2.55. The van der Waals surface area contributed by atoms with Crippen LogP contribution in [0.25, 0.3) is 0 Å². The Bertz CT molecular complexity index is 617. The standard InChI is InChI=1S/C16H19BrN4O2/c1-23-10-2-9-18-14-7-8-15(21-20-14)19-16(22)11-12-3-5-13(17)6-4-12/h3-8H,2,9-11H2,1H3,(H,18,20)(H,19,21,22). The number of nitrogens with zero attached hydrogens (tertiary/aromatic N) is 2. The van der Waals surface area contributed by atoms with Gasteiger partial charge < -0.3 is 15.4 Å². The van der Waals surface area contributed by atoms with Crippen molar-refractivity contribution in [1.29, 1.82) is 0 Å². The van der Waals surface area contributed by atoms with E-state index in [4.69, 9.17) is 4.74 Å². The highest BCUT2D eigenvalue weighted by Crippen LogP contribution is 2.12. The quantitative estimate of drug-likeness (QED) is 0.690. The van der Waals surface area contributed by atoms with E-state index in [1.807, 2.05) is 24.3 Å². The fourth-order valence-electron chi connectivity index (χ4n) is 1.90. The molecule has 23 heavy (non-hydrogen) atoms. The molecule has 0 unspecified atom stereocenters. The third-order valence-corrected chi connectivity index (χ3v) is 3.57. The van der Waals surface area contributed by atoms with Crippen LogP contribution in [0.3, 0.4) is 0 Å². The Hall–Kier alpha value is -1.99. The molecule has 0 aliphatic rings. The zero-order valence-corrected chi connectivity index (χ0v) is 14.5. The summed E-state index contributed by atoms with van der Waals surface area (Å²) >= 11 is 3.37. The number of ether oxygens (including phenoxy) is 1. The minimum Gasteiger partial charge on any atom is -0.385 e. The molecule has 0 spiro atoms. The van der Waals surface area contributed by atoms with E-state index >= 15 is 0 Å². The summed E-state index contributed by atoms with van der Waals surface area (Å²) in [6.07, 6.45) is 1.19. The Morgan fingerprint density at radius 2 is 1.83 bits per heavy atom. The maximum absolute atomic E-state index is 12.0. The molecule has 2 N–H and O–H groups in total. The molecule has 0 saturated heterocycles. The van der Waals surface area contributed by atoms with Crippen LogP contribution < -0.4 is 10.6 Å². The highest BCUT2D eigenvalue weighted by Gasteiger charge is 2.05. The monoisotopic (exact) mass is 378 g/mol. The molecule has 1 aromatic heterocycles. The normalized spacial score (nSPS) is 10.3. The van der Waals surface area contributed by atoms with Crippen molar-refractivity contribution in [3.63, 3.8) is 0 Å². The number of halogens is 1. The third-order valence-electron chi connectivity index (χ3n) is 3.04. The molecule has 1 amide bonds. The number of anilines is 2. The van der Waals surface area contributed by atoms with Crippen molar-refractivity contribution in [2.75, 3.05) is 30.9 Å². The number of amides is 1. The lowest BCUT2D eigenvalue weighted by Gasteiger charge is -2.07. The lowest BCUT2D eigenvalue weighted by Crippen LogP contribution is -2.16. The largest absolute Gasteiger partial charge is 0.385 e. The second-order valence-electron chi connectivity index (χ2n) is 4.93. The number of aromatic nitrogens is 2. The van der Waals surface area contributed by atoms with Gasteiger partial charge in [-0.15, -0.1) is 10.2 Å². The van der Waals surface area contributed by atoms with Crippen molar-refractivity contribution in [3.8, 4) is 0 Å². The van der Waals surface area contributed by atoms with Gasteiger partial charge >= 0.3 is 0 Å². The van der Waals surface area contributed by atoms with Crippen molar-refractivity contribution >= 4 is 33.5 Å². The number of hydrogen-bond donors (Lipinski definition) is 2. The van der Waals surface area contributed by atoms with Gasteiger partial charge in [0, 0.05) is 24.7 Å². The molecule has 122 valence electrons. The summed E-state index contributed by atoms with van der Waals surface area (Å²) in [4.78, 5) is 12.0. The van der Waals surface area contributed by atoms with Crippen molar-refractivity contribution in [1.82, 2.24) is 10.2 Å². The van der Waals surface area contributed by atoms with Crippen molar-refractivity contribution in [3.05, 3.63) is 46.4 Å². The molecule has 0 aliphatic heterocycles. The highest BCUT2D eigenvalue weighted by atomic mass is 79.9. The molecule has 1 aromatic carbocycles. The minimum absolute atomic E-state index is 0.123. The second-order valence-corrected chi connectivity index (χ2v) is 5.84. The number of carbonyl (C=O) groups excluding carboxylic acids is 1. The van der Waals surface area contributed by atoms with Gasteiger partial charge in [-0.05, 0) is 36.2 Å². The molecular formula is C16H19BrN4O2. The number of hydrogen-bond acceptors (Lipinski definition) is 5. The summed E-state index contributed by atoms with van der Waals surface area (Å²) in [7, 11) is 1.67. The Morgan fingerprint density at radius 1 is 1.13 bits per heavy atom. The van der Waals surface area contributed by atoms with E-state index in [0.29, 0.717) is 24.7 Å². The van der Waals surface area contributed by atoms with Crippen LogP contribution in [0.4, 0.5) is 11.6 Å². The van der Waals surface area contributed by atoms with Gasteiger partial charge in [-0.2, -0.15) is 0 Å². The summed E-state index contributed by atoms with van der Waals surface area (Å²) < 4.78 is 5.96. The predicted molar refractivity (Wildman–Crippen MR) is 93.5 cm³/mol. The lowest BCUT2D eigenvalue weighted by molar-refractivity contribution is -0.115. The highest BCUT2D eigenvalue weighted by molar-refractivity contribution is 9.10. The van der Waals surface area contributed by atoms with Gasteiger partial charge in [0.05, 0.1) is 6.42 Å². The molecule has 2 aromatic rings. The van der Waals surface area contributed by atoms with Crippen LogP contribution in [0.5, 0.6) is 0 Å². The average molecular weight is 379 g/mol. The van der Waals surface area contributed by atoms with Gasteiger partial charge in [0.1, 0.15) is 5.82 Å². The molecule has 7 heteroatoms. The molecule has 0 atom stereocenters. The van der Waals surface area contributed by atoms with Crippen molar-refractivity contribution in [2.45, 2.75) is 12.8 Å². The second kappa shape index (κ2) is 9.22. The number of nitrogens with one attached hydrogen (secondary N) is 2. The van der Waals surface area contributed by atoms with Crippen molar-refractivity contribution < 1.29 is 9.53 Å². The first-order valence-electron chi connectivity index (χ1n) is 7.28. The lowest BCUT2D eigenvalue weighted by atomic mass is 10.1. The van der Waals surface area contributed by atoms with Crippen molar-refractivity contribution in [2.24, 2.45) is 0 Å². The molecular weight excluding hydrogens is 360 g/mol. The van der Waals surface area contributed by atoms with Crippen LogP contribution in [0.1, 0.15) is 12.0 Å². The summed E-state index contributed by atoms with van der Waals surface area (Å²) in [6, 6.07) is 11.1. The van der Waals surface area contributed by atoms with E-state index < -0.39 is 0 Å². The van der Waals surface area contributed by atoms with Gasteiger partial charge in [0.2, 0.25) is 5.91 Å². The molecule has 1 heterocycles. The Morgan fingerprint density at radius 3 is 2.48 bits per heavy atom. The summed E-state index contributed by atoms with van der Waals surface area (Å²) in [5.41, 5.74) is 0.940. The Balaban J connectivity index is 1.80. The number of methoxy groups -OCH3 is 1. The van der Waals surface area contributed by atoms with Gasteiger partial charge in [0.15, 0.2) is 5.82 Å². The van der Waals surface area contributed by atoms with Crippen LogP contribution >= 0.6 is 15.9 Å². The van der Waals surface area contributed by atoms with Crippen LogP contribution in [0, 0.1) is 0 Å². The fourth-order valence-corrected chi connectivity index (χ4v) is 2.17.